The molecule has 0 bridgehead atoms. The summed E-state index contributed by atoms with van der Waals surface area (Å²) >= 11 is 5.85. The largest absolute Gasteiger partial charge is 0.473 e. The van der Waals surface area contributed by atoms with Crippen LogP contribution in [0.2, 0.25) is 5.02 Å². The third-order valence-electron chi connectivity index (χ3n) is 3.14. The molecule has 2 rings (SSSR count). The Hall–Kier alpha value is -2.23. The Balaban J connectivity index is 2.00. The number of pyridine rings is 1. The first-order valence-corrected chi connectivity index (χ1v) is 7.71. The molecule has 0 aliphatic rings. The predicted octanol–water partition coefficient (Wildman–Crippen LogP) is 4.67. The average Bonchev–Trinajstić information content (AvgIpc) is 2.54. The van der Waals surface area contributed by atoms with E-state index in [9.17, 15) is 22.0 Å². The summed E-state index contributed by atoms with van der Waals surface area (Å²) in [6, 6.07) is 1.94. The van der Waals surface area contributed by atoms with Crippen molar-refractivity contribution in [1.29, 1.82) is 0 Å². The number of aryl methyl sites for hydroxylation is 1. The summed E-state index contributed by atoms with van der Waals surface area (Å²) in [6.45, 7) is 3.16. The molecule has 2 aromatic rings. The molecule has 0 aromatic carbocycles. The first-order chi connectivity index (χ1) is 12.1. The van der Waals surface area contributed by atoms with E-state index in [-0.39, 0.29) is 29.1 Å². The predicted molar refractivity (Wildman–Crippen MR) is 84.6 cm³/mol. The van der Waals surface area contributed by atoms with Crippen LogP contribution < -0.4 is 10.1 Å². The molecule has 26 heavy (non-hydrogen) atoms. The highest BCUT2D eigenvalue weighted by atomic mass is 35.5. The van der Waals surface area contributed by atoms with Crippen LogP contribution in [0.15, 0.2) is 18.3 Å². The summed E-state index contributed by atoms with van der Waals surface area (Å²) in [5.74, 6) is 0.126. The molecule has 2 aromatic heterocycles. The van der Waals surface area contributed by atoms with E-state index in [1.165, 1.54) is 6.92 Å². The molecule has 142 valence electrons. The van der Waals surface area contributed by atoms with E-state index in [1.807, 2.05) is 0 Å². The van der Waals surface area contributed by atoms with E-state index in [2.05, 4.69) is 20.3 Å². The number of halogens is 6. The lowest BCUT2D eigenvalue weighted by Gasteiger charge is -2.17. The van der Waals surface area contributed by atoms with Gasteiger partial charge in [0.1, 0.15) is 28.5 Å². The van der Waals surface area contributed by atoms with Gasteiger partial charge in [0.25, 0.3) is 6.43 Å². The van der Waals surface area contributed by atoms with E-state index < -0.39 is 30.0 Å². The standard InChI is InChI=1S/C15H14ClF5N4O/c1-7(26-10-4-3-9(6-22-10)15(19,20)21)5-23-14-11(16)12(13(17)18)24-8(2)25-14/h3-4,6-7,13H,5H2,1-2H3,(H,23,24,25)/t7-/m0/s1. The van der Waals surface area contributed by atoms with E-state index in [4.69, 9.17) is 16.3 Å². The van der Waals surface area contributed by atoms with Crippen molar-refractivity contribution in [3.05, 3.63) is 40.4 Å². The second-order valence-electron chi connectivity index (χ2n) is 5.31. The second-order valence-corrected chi connectivity index (χ2v) is 5.69. The molecule has 0 aliphatic heterocycles. The maximum Gasteiger partial charge on any atom is 0.417 e. The van der Waals surface area contributed by atoms with Gasteiger partial charge in [-0.25, -0.2) is 23.7 Å². The number of nitrogens with zero attached hydrogens (tertiary/aromatic N) is 3. The molecule has 0 aliphatic carbocycles. The van der Waals surface area contributed by atoms with Gasteiger partial charge in [-0.1, -0.05) is 11.6 Å². The molecule has 0 spiro atoms. The SMILES string of the molecule is Cc1nc(NC[C@H](C)Oc2ccc(C(F)(F)F)cn2)c(Cl)c(C(F)F)n1. The molecule has 0 saturated carbocycles. The van der Waals surface area contributed by atoms with Crippen molar-refractivity contribution in [1.82, 2.24) is 15.0 Å². The summed E-state index contributed by atoms with van der Waals surface area (Å²) in [7, 11) is 0. The van der Waals surface area contributed by atoms with Crippen LogP contribution in [0.25, 0.3) is 0 Å². The molecule has 0 radical (unpaired) electrons. The van der Waals surface area contributed by atoms with E-state index in [0.29, 0.717) is 6.20 Å². The zero-order valence-corrected chi connectivity index (χ0v) is 14.4. The highest BCUT2D eigenvalue weighted by Gasteiger charge is 2.30. The van der Waals surface area contributed by atoms with Gasteiger partial charge in [-0.2, -0.15) is 13.2 Å². The third kappa shape index (κ3) is 5.13. The zero-order valence-electron chi connectivity index (χ0n) is 13.6. The van der Waals surface area contributed by atoms with Crippen LogP contribution in [0.1, 0.15) is 30.4 Å². The quantitative estimate of drug-likeness (QED) is 0.719. The Morgan fingerprint density at radius 3 is 2.46 bits per heavy atom. The van der Waals surface area contributed by atoms with Crippen LogP contribution in [-0.2, 0) is 6.18 Å². The smallest absolute Gasteiger partial charge is 0.417 e. The van der Waals surface area contributed by atoms with Gasteiger partial charge in [-0.3, -0.25) is 0 Å². The maximum atomic E-state index is 12.9. The monoisotopic (exact) mass is 396 g/mol. The van der Waals surface area contributed by atoms with Crippen molar-refractivity contribution in [3.8, 4) is 5.88 Å². The molecule has 5 nitrogen and oxygen atoms in total. The van der Waals surface area contributed by atoms with Crippen LogP contribution in [0, 0.1) is 6.92 Å². The minimum atomic E-state index is -4.48. The summed E-state index contributed by atoms with van der Waals surface area (Å²) in [5, 5.41) is 2.46. The van der Waals surface area contributed by atoms with Crippen molar-refractivity contribution in [2.45, 2.75) is 32.6 Å². The number of nitrogens with one attached hydrogen (secondary N) is 1. The molecule has 1 N–H and O–H groups in total. The minimum absolute atomic E-state index is 0.00876. The van der Waals surface area contributed by atoms with Gasteiger partial charge in [-0.05, 0) is 19.9 Å². The molecular formula is C15H14ClF5N4O. The molecule has 0 unspecified atom stereocenters. The molecule has 0 saturated heterocycles. The lowest BCUT2D eigenvalue weighted by atomic mass is 10.3. The van der Waals surface area contributed by atoms with Crippen LogP contribution in [0.5, 0.6) is 5.88 Å². The topological polar surface area (TPSA) is 59.9 Å². The van der Waals surface area contributed by atoms with Gasteiger partial charge in [0.05, 0.1) is 12.1 Å². The fourth-order valence-corrected chi connectivity index (χ4v) is 2.18. The van der Waals surface area contributed by atoms with Gasteiger partial charge in [0.2, 0.25) is 5.88 Å². The molecule has 0 amide bonds. The fourth-order valence-electron chi connectivity index (χ4n) is 1.95. The van der Waals surface area contributed by atoms with Crippen LogP contribution in [-0.4, -0.2) is 27.6 Å². The number of rotatable bonds is 6. The normalized spacial score (nSPS) is 13.0. The van der Waals surface area contributed by atoms with Crippen LogP contribution in [0.4, 0.5) is 27.8 Å². The minimum Gasteiger partial charge on any atom is -0.473 e. The molecular weight excluding hydrogens is 383 g/mol. The van der Waals surface area contributed by atoms with Crippen molar-refractivity contribution >= 4 is 17.4 Å². The molecule has 1 atom stereocenters. The van der Waals surface area contributed by atoms with Crippen molar-refractivity contribution in [2.75, 3.05) is 11.9 Å². The van der Waals surface area contributed by atoms with Gasteiger partial charge in [0.15, 0.2) is 0 Å². The van der Waals surface area contributed by atoms with Crippen molar-refractivity contribution < 1.29 is 26.7 Å². The second kappa shape index (κ2) is 7.98. The first-order valence-electron chi connectivity index (χ1n) is 7.34. The Morgan fingerprint density at radius 2 is 1.92 bits per heavy atom. The van der Waals surface area contributed by atoms with Gasteiger partial charge >= 0.3 is 6.18 Å². The number of anilines is 1. The average molecular weight is 397 g/mol. The van der Waals surface area contributed by atoms with E-state index in [1.54, 1.807) is 6.92 Å². The number of alkyl halides is 5. The van der Waals surface area contributed by atoms with Gasteiger partial charge < -0.3 is 10.1 Å². The number of hydrogen-bond acceptors (Lipinski definition) is 5. The Labute approximate surface area is 150 Å². The summed E-state index contributed by atoms with van der Waals surface area (Å²) in [5.41, 5.74) is -1.47. The first kappa shape index (κ1) is 20.1. The summed E-state index contributed by atoms with van der Waals surface area (Å²) in [4.78, 5) is 11.1. The number of ether oxygens (including phenoxy) is 1. The van der Waals surface area contributed by atoms with Crippen molar-refractivity contribution in [3.63, 3.8) is 0 Å². The Bertz CT molecular complexity index is 755. The summed E-state index contributed by atoms with van der Waals surface area (Å²) in [6.07, 6.45) is -7.23. The number of hydrogen-bond donors (Lipinski definition) is 1. The molecule has 2 heterocycles. The maximum absolute atomic E-state index is 12.9. The van der Waals surface area contributed by atoms with Crippen LogP contribution in [0.3, 0.4) is 0 Å². The number of aromatic nitrogens is 3. The van der Waals surface area contributed by atoms with Crippen molar-refractivity contribution in [2.24, 2.45) is 0 Å². The van der Waals surface area contributed by atoms with Crippen LogP contribution >= 0.6 is 11.6 Å². The molecule has 11 heteroatoms. The van der Waals surface area contributed by atoms with Gasteiger partial charge in [0, 0.05) is 12.3 Å². The summed E-state index contributed by atoms with van der Waals surface area (Å²) < 4.78 is 68.6. The lowest BCUT2D eigenvalue weighted by Crippen LogP contribution is -2.24. The highest BCUT2D eigenvalue weighted by Crippen LogP contribution is 2.31. The molecule has 0 fully saturated rings. The lowest BCUT2D eigenvalue weighted by molar-refractivity contribution is -0.137. The highest BCUT2D eigenvalue weighted by molar-refractivity contribution is 6.33. The zero-order chi connectivity index (χ0) is 19.5. The Kier molecular flexibility index (Phi) is 6.17. The van der Waals surface area contributed by atoms with Gasteiger partial charge in [-0.15, -0.1) is 0 Å². The Morgan fingerprint density at radius 1 is 1.23 bits per heavy atom. The third-order valence-corrected chi connectivity index (χ3v) is 3.51. The fraction of sp³-hybridized carbons (Fsp3) is 0.400. The van der Waals surface area contributed by atoms with E-state index >= 15 is 0 Å². The van der Waals surface area contributed by atoms with E-state index in [0.717, 1.165) is 12.1 Å².